The molecular formula is C14H26N2. The summed E-state index contributed by atoms with van der Waals surface area (Å²) in [4.78, 5) is 3.97. The maximum Gasteiger partial charge on any atom is 0.0270 e. The first-order valence-corrected chi connectivity index (χ1v) is 6.09. The molecule has 0 saturated heterocycles. The second-order valence-electron chi connectivity index (χ2n) is 2.79. The summed E-state index contributed by atoms with van der Waals surface area (Å²) in [6.07, 6.45) is 5.36. The van der Waals surface area contributed by atoms with Gasteiger partial charge < -0.3 is 5.32 Å². The summed E-state index contributed by atoms with van der Waals surface area (Å²) < 4.78 is 0. The average Bonchev–Trinajstić information content (AvgIpc) is 2.41. The van der Waals surface area contributed by atoms with Gasteiger partial charge in [-0.15, -0.1) is 0 Å². The largest absolute Gasteiger partial charge is 0.391 e. The number of nitrogens with zero attached hydrogens (tertiary/aromatic N) is 1. The Morgan fingerprint density at radius 2 is 1.75 bits per heavy atom. The molecule has 0 aliphatic heterocycles. The molecule has 2 heteroatoms. The van der Waals surface area contributed by atoms with Crippen LogP contribution in [0, 0.1) is 0 Å². The van der Waals surface area contributed by atoms with Gasteiger partial charge in [-0.05, 0) is 29.8 Å². The van der Waals surface area contributed by atoms with Crippen molar-refractivity contribution in [2.75, 3.05) is 6.54 Å². The zero-order valence-corrected chi connectivity index (χ0v) is 11.3. The number of rotatable bonds is 4. The molecule has 0 aliphatic carbocycles. The standard InChI is InChI=1S/C10H14N2.2C2H6/c1-3-11-8-9(2)10-4-6-12-7-5-10;2*1-2/h3-7,9,11H,1,8H2,2H3;2*1-2H3. The van der Waals surface area contributed by atoms with Crippen molar-refractivity contribution in [3.8, 4) is 0 Å². The van der Waals surface area contributed by atoms with Gasteiger partial charge in [-0.25, -0.2) is 0 Å². The van der Waals surface area contributed by atoms with Gasteiger partial charge in [0.1, 0.15) is 0 Å². The fourth-order valence-corrected chi connectivity index (χ4v) is 1.07. The van der Waals surface area contributed by atoms with E-state index in [4.69, 9.17) is 0 Å². The third kappa shape index (κ3) is 8.04. The van der Waals surface area contributed by atoms with Crippen LogP contribution in [0.2, 0.25) is 0 Å². The topological polar surface area (TPSA) is 24.9 Å². The van der Waals surface area contributed by atoms with Crippen molar-refractivity contribution in [2.24, 2.45) is 0 Å². The fourth-order valence-electron chi connectivity index (χ4n) is 1.07. The summed E-state index contributed by atoms with van der Waals surface area (Å²) in [6, 6.07) is 4.07. The van der Waals surface area contributed by atoms with Crippen LogP contribution < -0.4 is 5.32 Å². The van der Waals surface area contributed by atoms with Crippen molar-refractivity contribution in [1.29, 1.82) is 0 Å². The number of pyridine rings is 1. The number of hydrogen-bond donors (Lipinski definition) is 1. The molecule has 1 N–H and O–H groups in total. The fraction of sp³-hybridized carbons (Fsp3) is 0.500. The molecule has 0 saturated carbocycles. The van der Waals surface area contributed by atoms with Gasteiger partial charge >= 0.3 is 0 Å². The van der Waals surface area contributed by atoms with Crippen molar-refractivity contribution in [3.05, 3.63) is 42.9 Å². The quantitative estimate of drug-likeness (QED) is 0.833. The highest BCUT2D eigenvalue weighted by molar-refractivity contribution is 5.15. The van der Waals surface area contributed by atoms with E-state index in [1.165, 1.54) is 5.56 Å². The Bertz CT molecular complexity index is 232. The minimum atomic E-state index is 0.506. The molecule has 0 fully saturated rings. The van der Waals surface area contributed by atoms with E-state index in [1.807, 2.05) is 52.2 Å². The summed E-state index contributed by atoms with van der Waals surface area (Å²) in [7, 11) is 0. The van der Waals surface area contributed by atoms with Crippen molar-refractivity contribution in [1.82, 2.24) is 10.3 Å². The van der Waals surface area contributed by atoms with Crippen LogP contribution in [0.4, 0.5) is 0 Å². The molecule has 0 aromatic carbocycles. The minimum absolute atomic E-state index is 0.506. The van der Waals surface area contributed by atoms with Crippen molar-refractivity contribution in [3.63, 3.8) is 0 Å². The van der Waals surface area contributed by atoms with Gasteiger partial charge in [-0.3, -0.25) is 4.98 Å². The maximum atomic E-state index is 3.97. The molecule has 0 bridgehead atoms. The summed E-state index contributed by atoms with van der Waals surface area (Å²) in [5.41, 5.74) is 1.30. The van der Waals surface area contributed by atoms with E-state index >= 15 is 0 Å². The molecule has 1 rings (SSSR count). The third-order valence-corrected chi connectivity index (χ3v) is 1.84. The van der Waals surface area contributed by atoms with Crippen LogP contribution in [0.1, 0.15) is 46.1 Å². The second-order valence-corrected chi connectivity index (χ2v) is 2.79. The summed E-state index contributed by atoms with van der Waals surface area (Å²) >= 11 is 0. The van der Waals surface area contributed by atoms with Gasteiger partial charge in [0.15, 0.2) is 0 Å². The predicted molar refractivity (Wildman–Crippen MR) is 73.5 cm³/mol. The molecule has 1 unspecified atom stereocenters. The molecule has 1 atom stereocenters. The Kier molecular flexibility index (Phi) is 14.6. The number of nitrogens with one attached hydrogen (secondary N) is 1. The molecule has 16 heavy (non-hydrogen) atoms. The zero-order chi connectivity index (χ0) is 12.8. The van der Waals surface area contributed by atoms with Crippen LogP contribution in [-0.2, 0) is 0 Å². The van der Waals surface area contributed by atoms with Crippen molar-refractivity contribution in [2.45, 2.75) is 40.5 Å². The van der Waals surface area contributed by atoms with Crippen LogP contribution >= 0.6 is 0 Å². The van der Waals surface area contributed by atoms with Gasteiger partial charge in [0, 0.05) is 18.9 Å². The molecule has 92 valence electrons. The lowest BCUT2D eigenvalue weighted by atomic mass is 10.0. The van der Waals surface area contributed by atoms with Crippen LogP contribution in [-0.4, -0.2) is 11.5 Å². The van der Waals surface area contributed by atoms with Crippen LogP contribution in [0.15, 0.2) is 37.3 Å². The Morgan fingerprint density at radius 3 is 2.19 bits per heavy atom. The van der Waals surface area contributed by atoms with Gasteiger partial charge in [-0.1, -0.05) is 41.2 Å². The monoisotopic (exact) mass is 222 g/mol. The molecule has 1 aromatic rings. The lowest BCUT2D eigenvalue weighted by Gasteiger charge is -2.10. The Labute approximate surface area is 101 Å². The first kappa shape index (κ1) is 17.1. The predicted octanol–water partition coefficient (Wildman–Crippen LogP) is 3.97. The SMILES string of the molecule is C=CNCC(C)c1ccncc1.CC.CC. The smallest absolute Gasteiger partial charge is 0.0270 e. The first-order chi connectivity index (χ1) is 7.84. The van der Waals surface area contributed by atoms with E-state index in [0.717, 1.165) is 6.54 Å². The van der Waals surface area contributed by atoms with Crippen molar-refractivity contribution >= 4 is 0 Å². The van der Waals surface area contributed by atoms with Gasteiger partial charge in [0.25, 0.3) is 0 Å². The summed E-state index contributed by atoms with van der Waals surface area (Å²) in [5.74, 6) is 0.506. The lowest BCUT2D eigenvalue weighted by Crippen LogP contribution is -2.13. The highest BCUT2D eigenvalue weighted by atomic mass is 14.8. The van der Waals surface area contributed by atoms with Gasteiger partial charge in [0.05, 0.1) is 0 Å². The second kappa shape index (κ2) is 13.7. The Morgan fingerprint density at radius 1 is 1.25 bits per heavy atom. The molecule has 0 radical (unpaired) electrons. The summed E-state index contributed by atoms with van der Waals surface area (Å²) in [5, 5.41) is 3.09. The maximum absolute atomic E-state index is 3.97. The zero-order valence-electron chi connectivity index (χ0n) is 11.3. The molecule has 1 aromatic heterocycles. The number of hydrogen-bond acceptors (Lipinski definition) is 2. The van der Waals surface area contributed by atoms with Gasteiger partial charge in [-0.2, -0.15) is 0 Å². The van der Waals surface area contributed by atoms with E-state index in [9.17, 15) is 0 Å². The molecule has 0 amide bonds. The molecule has 1 heterocycles. The normalized spacial score (nSPS) is 9.81. The van der Waals surface area contributed by atoms with E-state index in [0.29, 0.717) is 5.92 Å². The van der Waals surface area contributed by atoms with E-state index in [2.05, 4.69) is 23.8 Å². The Hall–Kier alpha value is -1.31. The molecular weight excluding hydrogens is 196 g/mol. The minimum Gasteiger partial charge on any atom is -0.391 e. The number of aromatic nitrogens is 1. The molecule has 2 nitrogen and oxygen atoms in total. The third-order valence-electron chi connectivity index (χ3n) is 1.84. The van der Waals surface area contributed by atoms with E-state index < -0.39 is 0 Å². The van der Waals surface area contributed by atoms with E-state index in [1.54, 1.807) is 6.20 Å². The highest BCUT2D eigenvalue weighted by Gasteiger charge is 2.01. The highest BCUT2D eigenvalue weighted by Crippen LogP contribution is 2.11. The van der Waals surface area contributed by atoms with Crippen molar-refractivity contribution < 1.29 is 0 Å². The van der Waals surface area contributed by atoms with E-state index in [-0.39, 0.29) is 0 Å². The van der Waals surface area contributed by atoms with Crippen LogP contribution in [0.3, 0.4) is 0 Å². The van der Waals surface area contributed by atoms with Crippen LogP contribution in [0.5, 0.6) is 0 Å². The molecule has 0 spiro atoms. The molecule has 0 aliphatic rings. The lowest BCUT2D eigenvalue weighted by molar-refractivity contribution is 0.701. The Balaban J connectivity index is 0. The summed E-state index contributed by atoms with van der Waals surface area (Å²) in [6.45, 7) is 14.7. The van der Waals surface area contributed by atoms with Gasteiger partial charge in [0.2, 0.25) is 0 Å². The first-order valence-electron chi connectivity index (χ1n) is 6.09. The average molecular weight is 222 g/mol. The van der Waals surface area contributed by atoms with Crippen LogP contribution in [0.25, 0.3) is 0 Å².